The van der Waals surface area contributed by atoms with Crippen LogP contribution in [0.1, 0.15) is 41.5 Å². The predicted molar refractivity (Wildman–Crippen MR) is 86.1 cm³/mol. The molecule has 0 aliphatic carbocycles. The van der Waals surface area contributed by atoms with E-state index in [4.69, 9.17) is 4.84 Å². The van der Waals surface area contributed by atoms with Gasteiger partial charge in [-0.15, -0.1) is 0 Å². The van der Waals surface area contributed by atoms with E-state index in [9.17, 15) is 9.59 Å². The predicted octanol–water partition coefficient (Wildman–Crippen LogP) is 0.747. The van der Waals surface area contributed by atoms with Crippen molar-refractivity contribution in [1.29, 1.82) is 0 Å². The van der Waals surface area contributed by atoms with Crippen LogP contribution >= 0.6 is 0 Å². The maximum absolute atomic E-state index is 12.6. The van der Waals surface area contributed by atoms with E-state index in [1.54, 1.807) is 23.4 Å². The fourth-order valence-electron chi connectivity index (χ4n) is 3.34. The standard InChI is InChI=1S/C16H20N6O3/c23-15(21-7-1-2-8-25-21)9-13-11-20(10-12-3-6-18-22(12)13)16(24)14-4-5-17-19-14/h3-6,13H,1-2,7-11H2,(H,17,19). The maximum Gasteiger partial charge on any atom is 0.272 e. The number of aromatic amines is 1. The first-order chi connectivity index (χ1) is 12.2. The van der Waals surface area contributed by atoms with Gasteiger partial charge in [0, 0.05) is 25.5 Å². The Morgan fingerprint density at radius 1 is 1.28 bits per heavy atom. The Bertz CT molecular complexity index is 750. The summed E-state index contributed by atoms with van der Waals surface area (Å²) in [5.41, 5.74) is 1.36. The maximum atomic E-state index is 12.6. The number of hydroxylamine groups is 2. The molecule has 25 heavy (non-hydrogen) atoms. The molecule has 1 unspecified atom stereocenters. The Hall–Kier alpha value is -2.68. The number of H-pyrrole nitrogens is 1. The molecular weight excluding hydrogens is 324 g/mol. The number of carbonyl (C=O) groups excluding carboxylic acids is 2. The quantitative estimate of drug-likeness (QED) is 0.886. The molecule has 9 nitrogen and oxygen atoms in total. The minimum absolute atomic E-state index is 0.0676. The van der Waals surface area contributed by atoms with Crippen molar-refractivity contribution in [2.75, 3.05) is 19.7 Å². The second-order valence-corrected chi connectivity index (χ2v) is 6.32. The minimum Gasteiger partial charge on any atom is -0.329 e. The zero-order chi connectivity index (χ0) is 17.2. The lowest BCUT2D eigenvalue weighted by atomic mass is 10.1. The Morgan fingerprint density at radius 3 is 2.96 bits per heavy atom. The number of hydrogen-bond acceptors (Lipinski definition) is 5. The Morgan fingerprint density at radius 2 is 2.20 bits per heavy atom. The lowest BCUT2D eigenvalue weighted by Gasteiger charge is -2.34. The van der Waals surface area contributed by atoms with Gasteiger partial charge in [0.15, 0.2) is 0 Å². The van der Waals surface area contributed by atoms with Crippen molar-refractivity contribution in [2.45, 2.75) is 31.8 Å². The summed E-state index contributed by atoms with van der Waals surface area (Å²) in [7, 11) is 0. The van der Waals surface area contributed by atoms with Crippen LogP contribution in [0, 0.1) is 0 Å². The molecule has 1 N–H and O–H groups in total. The highest BCUT2D eigenvalue weighted by molar-refractivity contribution is 5.92. The number of rotatable bonds is 3. The van der Waals surface area contributed by atoms with Crippen molar-refractivity contribution in [3.05, 3.63) is 35.9 Å². The first-order valence-corrected chi connectivity index (χ1v) is 8.46. The molecule has 0 saturated carbocycles. The molecule has 0 aromatic carbocycles. The summed E-state index contributed by atoms with van der Waals surface area (Å²) in [4.78, 5) is 32.3. The molecule has 0 spiro atoms. The van der Waals surface area contributed by atoms with Crippen LogP contribution in [-0.2, 0) is 16.2 Å². The molecule has 2 aliphatic heterocycles. The lowest BCUT2D eigenvalue weighted by Crippen LogP contribution is -2.44. The Balaban J connectivity index is 1.50. The van der Waals surface area contributed by atoms with Gasteiger partial charge in [0.1, 0.15) is 5.69 Å². The average Bonchev–Trinajstić information content (AvgIpc) is 3.33. The SMILES string of the molecule is O=C(c1ccn[nH]1)N1Cc2ccnn2C(CC(=O)N2CCCCO2)C1. The molecule has 0 bridgehead atoms. The molecule has 1 saturated heterocycles. The molecule has 4 rings (SSSR count). The van der Waals surface area contributed by atoms with Crippen molar-refractivity contribution < 1.29 is 14.4 Å². The molecule has 2 aromatic heterocycles. The Labute approximate surface area is 144 Å². The molecule has 1 fully saturated rings. The summed E-state index contributed by atoms with van der Waals surface area (Å²) >= 11 is 0. The van der Waals surface area contributed by atoms with E-state index in [-0.39, 0.29) is 24.3 Å². The molecule has 0 radical (unpaired) electrons. The van der Waals surface area contributed by atoms with Crippen molar-refractivity contribution >= 4 is 11.8 Å². The van der Waals surface area contributed by atoms with Gasteiger partial charge in [-0.3, -0.25) is 24.2 Å². The molecule has 2 aliphatic rings. The second-order valence-electron chi connectivity index (χ2n) is 6.32. The van der Waals surface area contributed by atoms with E-state index in [1.807, 2.05) is 10.7 Å². The van der Waals surface area contributed by atoms with E-state index in [2.05, 4.69) is 15.3 Å². The van der Waals surface area contributed by atoms with Crippen molar-refractivity contribution in [1.82, 2.24) is 29.9 Å². The van der Waals surface area contributed by atoms with Crippen LogP contribution in [0.3, 0.4) is 0 Å². The molecule has 132 valence electrons. The van der Waals surface area contributed by atoms with E-state index >= 15 is 0 Å². The lowest BCUT2D eigenvalue weighted by molar-refractivity contribution is -0.198. The fourth-order valence-corrected chi connectivity index (χ4v) is 3.34. The highest BCUT2D eigenvalue weighted by Crippen LogP contribution is 2.25. The topological polar surface area (TPSA) is 96.3 Å². The van der Waals surface area contributed by atoms with Crippen LogP contribution in [0.25, 0.3) is 0 Å². The normalized spacial score (nSPS) is 20.4. The van der Waals surface area contributed by atoms with Crippen LogP contribution in [0.5, 0.6) is 0 Å². The van der Waals surface area contributed by atoms with Gasteiger partial charge in [-0.05, 0) is 25.0 Å². The molecule has 2 amide bonds. The number of amides is 2. The van der Waals surface area contributed by atoms with Gasteiger partial charge in [-0.25, -0.2) is 5.06 Å². The van der Waals surface area contributed by atoms with E-state index in [0.29, 0.717) is 31.9 Å². The zero-order valence-electron chi connectivity index (χ0n) is 13.8. The molecule has 9 heteroatoms. The van der Waals surface area contributed by atoms with E-state index < -0.39 is 0 Å². The second kappa shape index (κ2) is 6.67. The molecule has 1 atom stereocenters. The summed E-state index contributed by atoms with van der Waals surface area (Å²) in [6.07, 6.45) is 5.43. The van der Waals surface area contributed by atoms with Crippen molar-refractivity contribution in [2.24, 2.45) is 0 Å². The van der Waals surface area contributed by atoms with Gasteiger partial charge >= 0.3 is 0 Å². The van der Waals surface area contributed by atoms with E-state index in [1.165, 1.54) is 5.06 Å². The third-order valence-electron chi connectivity index (χ3n) is 4.59. The molecule has 2 aromatic rings. The number of hydrogen-bond donors (Lipinski definition) is 1. The van der Waals surface area contributed by atoms with Crippen LogP contribution in [-0.4, -0.2) is 61.5 Å². The highest BCUT2D eigenvalue weighted by atomic mass is 16.7. The summed E-state index contributed by atoms with van der Waals surface area (Å²) in [5.74, 6) is -0.196. The number of nitrogens with one attached hydrogen (secondary N) is 1. The Kier molecular flexibility index (Phi) is 4.22. The largest absolute Gasteiger partial charge is 0.329 e. The van der Waals surface area contributed by atoms with Gasteiger partial charge in [-0.1, -0.05) is 0 Å². The highest BCUT2D eigenvalue weighted by Gasteiger charge is 2.32. The van der Waals surface area contributed by atoms with Gasteiger partial charge < -0.3 is 4.90 Å². The summed E-state index contributed by atoms with van der Waals surface area (Å²) in [6, 6.07) is 3.32. The zero-order valence-corrected chi connectivity index (χ0v) is 13.8. The van der Waals surface area contributed by atoms with Crippen molar-refractivity contribution in [3.63, 3.8) is 0 Å². The number of nitrogens with zero attached hydrogens (tertiary/aromatic N) is 5. The van der Waals surface area contributed by atoms with Crippen LogP contribution < -0.4 is 0 Å². The number of carbonyl (C=O) groups is 2. The van der Waals surface area contributed by atoms with Gasteiger partial charge in [-0.2, -0.15) is 10.2 Å². The molecule has 4 heterocycles. The summed E-state index contributed by atoms with van der Waals surface area (Å²) in [5, 5.41) is 12.3. The third-order valence-corrected chi connectivity index (χ3v) is 4.59. The van der Waals surface area contributed by atoms with E-state index in [0.717, 1.165) is 18.5 Å². The van der Waals surface area contributed by atoms with Gasteiger partial charge in [0.2, 0.25) is 5.91 Å². The van der Waals surface area contributed by atoms with Gasteiger partial charge in [0.25, 0.3) is 5.91 Å². The third kappa shape index (κ3) is 3.14. The summed E-state index contributed by atoms with van der Waals surface area (Å²) < 4.78 is 1.85. The minimum atomic E-state index is -0.205. The number of fused-ring (bicyclic) bond motifs is 1. The van der Waals surface area contributed by atoms with Crippen LogP contribution in [0.4, 0.5) is 0 Å². The van der Waals surface area contributed by atoms with Crippen LogP contribution in [0.2, 0.25) is 0 Å². The van der Waals surface area contributed by atoms with Gasteiger partial charge in [0.05, 0.1) is 31.3 Å². The fraction of sp³-hybridized carbons (Fsp3) is 0.500. The van der Waals surface area contributed by atoms with Crippen molar-refractivity contribution in [3.8, 4) is 0 Å². The monoisotopic (exact) mass is 344 g/mol. The molecular formula is C16H20N6O3. The first kappa shape index (κ1) is 15.8. The number of aromatic nitrogens is 4. The first-order valence-electron chi connectivity index (χ1n) is 8.46. The average molecular weight is 344 g/mol. The smallest absolute Gasteiger partial charge is 0.272 e. The van der Waals surface area contributed by atoms with Crippen LogP contribution in [0.15, 0.2) is 24.5 Å². The summed E-state index contributed by atoms with van der Waals surface area (Å²) in [6.45, 7) is 2.08.